The van der Waals surface area contributed by atoms with Gasteiger partial charge in [-0.2, -0.15) is 5.10 Å². The molecule has 0 atom stereocenters. The molecular weight excluding hydrogens is 252 g/mol. The molecule has 0 unspecified atom stereocenters. The highest BCUT2D eigenvalue weighted by Gasteiger charge is 2.03. The molecule has 0 fully saturated rings. The van der Waals surface area contributed by atoms with Crippen molar-refractivity contribution in [3.05, 3.63) is 71.8 Å². The van der Waals surface area contributed by atoms with E-state index in [4.69, 9.17) is 0 Å². The second-order valence-corrected chi connectivity index (χ2v) is 4.08. The fraction of sp³-hybridized carbons (Fsp3) is 0. The molecule has 2 N–H and O–H groups in total. The Morgan fingerprint density at radius 1 is 1.15 bits per heavy atom. The van der Waals surface area contributed by atoms with Gasteiger partial charge in [0.2, 0.25) is 0 Å². The van der Waals surface area contributed by atoms with Crippen LogP contribution < -0.4 is 5.43 Å². The van der Waals surface area contributed by atoms with Gasteiger partial charge in [0, 0.05) is 11.1 Å². The average molecular weight is 266 g/mol. The van der Waals surface area contributed by atoms with Crippen LogP contribution in [0.2, 0.25) is 0 Å². The van der Waals surface area contributed by atoms with Gasteiger partial charge in [-0.05, 0) is 29.8 Å². The molecule has 4 nitrogen and oxygen atoms in total. The molecule has 0 spiro atoms. The van der Waals surface area contributed by atoms with E-state index in [9.17, 15) is 9.90 Å². The molecule has 0 radical (unpaired) electrons. The number of phenolic OH excluding ortho intramolecular Hbond substituents is 1. The van der Waals surface area contributed by atoms with E-state index in [0.717, 1.165) is 5.56 Å². The fourth-order valence-electron chi connectivity index (χ4n) is 1.59. The summed E-state index contributed by atoms with van der Waals surface area (Å²) in [6.45, 7) is 3.65. The maximum absolute atomic E-state index is 11.8. The highest BCUT2D eigenvalue weighted by Crippen LogP contribution is 2.12. The number of carbonyl (C=O) groups excluding carboxylic acids is 1. The molecule has 0 aliphatic carbocycles. The van der Waals surface area contributed by atoms with Crippen molar-refractivity contribution in [2.45, 2.75) is 0 Å². The molecular formula is C16H14N2O2. The molecule has 0 bridgehead atoms. The third-order valence-corrected chi connectivity index (χ3v) is 2.72. The van der Waals surface area contributed by atoms with Crippen molar-refractivity contribution >= 4 is 18.2 Å². The molecule has 100 valence electrons. The standard InChI is InChI=1S/C16H14N2O2/c1-2-12-7-9-13(10-8-12)16(20)18-17-11-14-5-3-4-6-15(14)19/h2-11,19H,1H2,(H,18,20). The van der Waals surface area contributed by atoms with E-state index in [2.05, 4.69) is 17.1 Å². The van der Waals surface area contributed by atoms with Crippen molar-refractivity contribution in [3.8, 4) is 5.75 Å². The predicted molar refractivity (Wildman–Crippen MR) is 79.7 cm³/mol. The number of hydrazone groups is 1. The number of hydrogen-bond acceptors (Lipinski definition) is 3. The fourth-order valence-corrected chi connectivity index (χ4v) is 1.59. The summed E-state index contributed by atoms with van der Waals surface area (Å²) in [4.78, 5) is 11.8. The summed E-state index contributed by atoms with van der Waals surface area (Å²) in [6.07, 6.45) is 3.10. The van der Waals surface area contributed by atoms with E-state index in [-0.39, 0.29) is 11.7 Å². The Balaban J connectivity index is 2.01. The smallest absolute Gasteiger partial charge is 0.271 e. The molecule has 0 aromatic heterocycles. The number of hydrogen-bond donors (Lipinski definition) is 2. The summed E-state index contributed by atoms with van der Waals surface area (Å²) in [6, 6.07) is 13.7. The zero-order valence-corrected chi connectivity index (χ0v) is 10.8. The summed E-state index contributed by atoms with van der Waals surface area (Å²) in [5, 5.41) is 13.4. The van der Waals surface area contributed by atoms with Crippen molar-refractivity contribution in [2.75, 3.05) is 0 Å². The minimum Gasteiger partial charge on any atom is -0.507 e. The van der Waals surface area contributed by atoms with Gasteiger partial charge in [0.05, 0.1) is 6.21 Å². The van der Waals surface area contributed by atoms with E-state index in [1.165, 1.54) is 6.21 Å². The van der Waals surface area contributed by atoms with E-state index in [1.54, 1.807) is 54.6 Å². The Bertz CT molecular complexity index is 646. The van der Waals surface area contributed by atoms with Gasteiger partial charge < -0.3 is 5.11 Å². The third kappa shape index (κ3) is 3.32. The van der Waals surface area contributed by atoms with Crippen LogP contribution in [0.3, 0.4) is 0 Å². The summed E-state index contributed by atoms with van der Waals surface area (Å²) in [5.74, 6) is -0.201. The zero-order valence-electron chi connectivity index (χ0n) is 10.8. The largest absolute Gasteiger partial charge is 0.507 e. The molecule has 2 aromatic carbocycles. The molecule has 0 aliphatic rings. The van der Waals surface area contributed by atoms with Gasteiger partial charge in [0.1, 0.15) is 5.75 Å². The first-order valence-corrected chi connectivity index (χ1v) is 6.04. The predicted octanol–water partition coefficient (Wildman–Crippen LogP) is 2.80. The summed E-state index contributed by atoms with van der Waals surface area (Å²) >= 11 is 0. The number of carbonyl (C=O) groups is 1. The number of rotatable bonds is 4. The molecule has 0 saturated carbocycles. The maximum atomic E-state index is 11.8. The second kappa shape index (κ2) is 6.33. The van der Waals surface area contributed by atoms with E-state index in [1.807, 2.05) is 0 Å². The lowest BCUT2D eigenvalue weighted by Gasteiger charge is -2.01. The van der Waals surface area contributed by atoms with Crippen molar-refractivity contribution in [2.24, 2.45) is 5.10 Å². The van der Waals surface area contributed by atoms with Gasteiger partial charge in [-0.25, -0.2) is 5.43 Å². The Kier molecular flexibility index (Phi) is 4.29. The SMILES string of the molecule is C=Cc1ccc(C(=O)NN=Cc2ccccc2O)cc1. The minimum atomic E-state index is -0.313. The lowest BCUT2D eigenvalue weighted by atomic mass is 10.1. The van der Waals surface area contributed by atoms with Crippen LogP contribution in [0.1, 0.15) is 21.5 Å². The number of benzene rings is 2. The molecule has 4 heteroatoms. The number of amides is 1. The number of phenols is 1. The number of aromatic hydroxyl groups is 1. The molecule has 20 heavy (non-hydrogen) atoms. The normalized spacial score (nSPS) is 10.4. The molecule has 2 rings (SSSR count). The molecule has 1 amide bonds. The van der Waals surface area contributed by atoms with Gasteiger partial charge >= 0.3 is 0 Å². The first kappa shape index (κ1) is 13.5. The van der Waals surface area contributed by atoms with E-state index < -0.39 is 0 Å². The summed E-state index contributed by atoms with van der Waals surface area (Å²) in [5.41, 5.74) is 4.39. The topological polar surface area (TPSA) is 61.7 Å². The van der Waals surface area contributed by atoms with Crippen LogP contribution in [0, 0.1) is 0 Å². The third-order valence-electron chi connectivity index (χ3n) is 2.72. The zero-order chi connectivity index (χ0) is 14.4. The van der Waals surface area contributed by atoms with Crippen LogP contribution >= 0.6 is 0 Å². The van der Waals surface area contributed by atoms with Crippen molar-refractivity contribution in [3.63, 3.8) is 0 Å². The summed E-state index contributed by atoms with van der Waals surface area (Å²) in [7, 11) is 0. The molecule has 0 aliphatic heterocycles. The number of para-hydroxylation sites is 1. The Labute approximate surface area is 117 Å². The van der Waals surface area contributed by atoms with Crippen molar-refractivity contribution in [1.82, 2.24) is 5.43 Å². The van der Waals surface area contributed by atoms with Gasteiger partial charge in [-0.3, -0.25) is 4.79 Å². The monoisotopic (exact) mass is 266 g/mol. The Morgan fingerprint density at radius 2 is 1.85 bits per heavy atom. The van der Waals surface area contributed by atoms with Gasteiger partial charge in [-0.15, -0.1) is 0 Å². The van der Waals surface area contributed by atoms with Gasteiger partial charge in [-0.1, -0.05) is 36.9 Å². The van der Waals surface area contributed by atoms with Gasteiger partial charge in [0.15, 0.2) is 0 Å². The highest BCUT2D eigenvalue weighted by molar-refractivity contribution is 5.95. The summed E-state index contributed by atoms with van der Waals surface area (Å²) < 4.78 is 0. The van der Waals surface area contributed by atoms with Crippen LogP contribution in [0.15, 0.2) is 60.2 Å². The second-order valence-electron chi connectivity index (χ2n) is 4.08. The van der Waals surface area contributed by atoms with Crippen LogP contribution in [0.5, 0.6) is 5.75 Å². The van der Waals surface area contributed by atoms with Gasteiger partial charge in [0.25, 0.3) is 5.91 Å². The maximum Gasteiger partial charge on any atom is 0.271 e. The lowest BCUT2D eigenvalue weighted by Crippen LogP contribution is -2.17. The number of nitrogens with one attached hydrogen (secondary N) is 1. The van der Waals surface area contributed by atoms with Crippen LogP contribution in [0.25, 0.3) is 6.08 Å². The van der Waals surface area contributed by atoms with E-state index >= 15 is 0 Å². The Hall–Kier alpha value is -2.88. The molecule has 2 aromatic rings. The van der Waals surface area contributed by atoms with Crippen molar-refractivity contribution < 1.29 is 9.90 Å². The first-order chi connectivity index (χ1) is 9.70. The van der Waals surface area contributed by atoms with Crippen LogP contribution in [-0.2, 0) is 0 Å². The molecule has 0 saturated heterocycles. The lowest BCUT2D eigenvalue weighted by molar-refractivity contribution is 0.0955. The highest BCUT2D eigenvalue weighted by atomic mass is 16.3. The van der Waals surface area contributed by atoms with Crippen molar-refractivity contribution in [1.29, 1.82) is 0 Å². The van der Waals surface area contributed by atoms with Crippen LogP contribution in [-0.4, -0.2) is 17.2 Å². The van der Waals surface area contributed by atoms with Crippen LogP contribution in [0.4, 0.5) is 0 Å². The minimum absolute atomic E-state index is 0.112. The number of nitrogens with zero attached hydrogens (tertiary/aromatic N) is 1. The Morgan fingerprint density at radius 3 is 2.50 bits per heavy atom. The quantitative estimate of drug-likeness (QED) is 0.660. The van der Waals surface area contributed by atoms with E-state index in [0.29, 0.717) is 11.1 Å². The molecule has 0 heterocycles. The first-order valence-electron chi connectivity index (χ1n) is 6.04. The average Bonchev–Trinajstić information content (AvgIpc) is 2.49.